The number of fused-ring (bicyclic) bond motifs is 1. The first-order valence-electron chi connectivity index (χ1n) is 7.05. The fraction of sp³-hybridized carbons (Fsp3) is 0.294. The van der Waals surface area contributed by atoms with E-state index in [1.54, 1.807) is 0 Å². The van der Waals surface area contributed by atoms with Crippen LogP contribution in [0.2, 0.25) is 5.02 Å². The van der Waals surface area contributed by atoms with E-state index in [-0.39, 0.29) is 0 Å². The minimum Gasteiger partial charge on any atom is -0.398 e. The van der Waals surface area contributed by atoms with E-state index in [1.807, 2.05) is 12.1 Å². The Kier molecular flexibility index (Phi) is 3.58. The van der Waals surface area contributed by atoms with Crippen LogP contribution < -0.4 is 11.1 Å². The Labute approximate surface area is 125 Å². The van der Waals surface area contributed by atoms with Gasteiger partial charge in [0.15, 0.2) is 0 Å². The molecule has 2 aromatic carbocycles. The summed E-state index contributed by atoms with van der Waals surface area (Å²) in [7, 11) is 0. The fourth-order valence-electron chi connectivity index (χ4n) is 2.95. The predicted octanol–water partition coefficient (Wildman–Crippen LogP) is 4.72. The highest BCUT2D eigenvalue weighted by Crippen LogP contribution is 2.35. The van der Waals surface area contributed by atoms with E-state index in [2.05, 4.69) is 36.5 Å². The summed E-state index contributed by atoms with van der Waals surface area (Å²) < 4.78 is 0. The SMILES string of the molecule is Cc1cc(N)c(Cl)cc1NC1CCCc2ccccc21. The highest BCUT2D eigenvalue weighted by molar-refractivity contribution is 6.33. The number of halogens is 1. The molecular weight excluding hydrogens is 268 g/mol. The number of aryl methyl sites for hydroxylation is 2. The van der Waals surface area contributed by atoms with Gasteiger partial charge in [0, 0.05) is 5.69 Å². The van der Waals surface area contributed by atoms with Gasteiger partial charge in [-0.25, -0.2) is 0 Å². The van der Waals surface area contributed by atoms with E-state index in [4.69, 9.17) is 17.3 Å². The van der Waals surface area contributed by atoms with Crippen molar-refractivity contribution in [1.29, 1.82) is 0 Å². The number of nitrogens with one attached hydrogen (secondary N) is 1. The van der Waals surface area contributed by atoms with Crippen LogP contribution in [0.3, 0.4) is 0 Å². The number of nitrogens with two attached hydrogens (primary N) is 1. The van der Waals surface area contributed by atoms with Gasteiger partial charge in [-0.3, -0.25) is 0 Å². The zero-order valence-corrected chi connectivity index (χ0v) is 12.4. The molecule has 2 aromatic rings. The number of benzene rings is 2. The average Bonchev–Trinajstić information content (AvgIpc) is 2.45. The van der Waals surface area contributed by atoms with Gasteiger partial charge in [0.25, 0.3) is 0 Å². The molecule has 0 radical (unpaired) electrons. The third-order valence-electron chi connectivity index (χ3n) is 4.04. The Balaban J connectivity index is 1.91. The van der Waals surface area contributed by atoms with Crippen molar-refractivity contribution in [3.63, 3.8) is 0 Å². The third kappa shape index (κ3) is 2.48. The molecule has 1 unspecified atom stereocenters. The maximum atomic E-state index is 6.14. The molecule has 1 atom stereocenters. The zero-order chi connectivity index (χ0) is 14.1. The van der Waals surface area contributed by atoms with Gasteiger partial charge in [0.1, 0.15) is 0 Å². The third-order valence-corrected chi connectivity index (χ3v) is 4.37. The molecule has 20 heavy (non-hydrogen) atoms. The Morgan fingerprint density at radius 3 is 2.90 bits per heavy atom. The predicted molar refractivity (Wildman–Crippen MR) is 86.3 cm³/mol. The maximum absolute atomic E-state index is 6.14. The Hall–Kier alpha value is -1.67. The van der Waals surface area contributed by atoms with Crippen LogP contribution in [0, 0.1) is 6.92 Å². The van der Waals surface area contributed by atoms with Gasteiger partial charge in [-0.05, 0) is 55.0 Å². The van der Waals surface area contributed by atoms with Crippen molar-refractivity contribution < 1.29 is 0 Å². The van der Waals surface area contributed by atoms with Gasteiger partial charge in [-0.2, -0.15) is 0 Å². The minimum absolute atomic E-state index is 0.360. The molecule has 0 heterocycles. The second-order valence-corrected chi connectivity index (χ2v) is 5.88. The molecule has 3 heteroatoms. The molecule has 0 spiro atoms. The van der Waals surface area contributed by atoms with Crippen LogP contribution >= 0.6 is 11.6 Å². The number of hydrogen-bond donors (Lipinski definition) is 2. The summed E-state index contributed by atoms with van der Waals surface area (Å²) in [4.78, 5) is 0. The van der Waals surface area contributed by atoms with Crippen molar-refractivity contribution in [2.24, 2.45) is 0 Å². The molecule has 1 aliphatic rings. The van der Waals surface area contributed by atoms with E-state index < -0.39 is 0 Å². The lowest BCUT2D eigenvalue weighted by molar-refractivity contribution is 0.600. The minimum atomic E-state index is 0.360. The second kappa shape index (κ2) is 5.37. The molecule has 1 aliphatic carbocycles. The van der Waals surface area contributed by atoms with E-state index in [9.17, 15) is 0 Å². The molecule has 0 amide bonds. The van der Waals surface area contributed by atoms with Crippen molar-refractivity contribution in [3.05, 3.63) is 58.1 Å². The van der Waals surface area contributed by atoms with Crippen molar-refractivity contribution in [3.8, 4) is 0 Å². The van der Waals surface area contributed by atoms with Crippen LogP contribution in [0.1, 0.15) is 35.6 Å². The Morgan fingerprint density at radius 1 is 1.25 bits per heavy atom. The highest BCUT2D eigenvalue weighted by Gasteiger charge is 2.20. The largest absolute Gasteiger partial charge is 0.398 e. The first-order chi connectivity index (χ1) is 9.65. The lowest BCUT2D eigenvalue weighted by atomic mass is 9.87. The monoisotopic (exact) mass is 286 g/mol. The van der Waals surface area contributed by atoms with Crippen LogP contribution in [-0.4, -0.2) is 0 Å². The standard InChI is InChI=1S/C17H19ClN2/c1-11-9-15(19)14(18)10-17(11)20-16-8-4-6-12-5-2-3-7-13(12)16/h2-3,5,7,9-10,16,20H,4,6,8,19H2,1H3. The van der Waals surface area contributed by atoms with E-state index >= 15 is 0 Å². The van der Waals surface area contributed by atoms with Crippen molar-refractivity contribution in [1.82, 2.24) is 0 Å². The molecule has 0 bridgehead atoms. The molecule has 3 N–H and O–H groups in total. The first-order valence-corrected chi connectivity index (χ1v) is 7.43. The van der Waals surface area contributed by atoms with Gasteiger partial charge < -0.3 is 11.1 Å². The number of rotatable bonds is 2. The van der Waals surface area contributed by atoms with Crippen LogP contribution in [-0.2, 0) is 6.42 Å². The lowest BCUT2D eigenvalue weighted by Crippen LogP contribution is -2.17. The van der Waals surface area contributed by atoms with E-state index in [0.717, 1.165) is 17.7 Å². The van der Waals surface area contributed by atoms with Crippen LogP contribution in [0.15, 0.2) is 36.4 Å². The summed E-state index contributed by atoms with van der Waals surface area (Å²) in [5.41, 5.74) is 11.5. The summed E-state index contributed by atoms with van der Waals surface area (Å²) in [6, 6.07) is 12.9. The van der Waals surface area contributed by atoms with Gasteiger partial charge >= 0.3 is 0 Å². The summed E-state index contributed by atoms with van der Waals surface area (Å²) in [6.45, 7) is 2.06. The summed E-state index contributed by atoms with van der Waals surface area (Å²) in [6.07, 6.45) is 3.55. The molecule has 0 fully saturated rings. The zero-order valence-electron chi connectivity index (χ0n) is 11.6. The quantitative estimate of drug-likeness (QED) is 0.784. The van der Waals surface area contributed by atoms with Gasteiger partial charge in [0.2, 0.25) is 0 Å². The average molecular weight is 287 g/mol. The van der Waals surface area contributed by atoms with E-state index in [1.165, 1.54) is 24.0 Å². The van der Waals surface area contributed by atoms with Crippen LogP contribution in [0.4, 0.5) is 11.4 Å². The normalized spacial score (nSPS) is 17.6. The van der Waals surface area contributed by atoms with Crippen LogP contribution in [0.25, 0.3) is 0 Å². The maximum Gasteiger partial charge on any atom is 0.0656 e. The molecule has 3 rings (SSSR count). The second-order valence-electron chi connectivity index (χ2n) is 5.48. The Morgan fingerprint density at radius 2 is 2.05 bits per heavy atom. The van der Waals surface area contributed by atoms with E-state index in [0.29, 0.717) is 16.8 Å². The topological polar surface area (TPSA) is 38.0 Å². The molecule has 0 saturated carbocycles. The molecule has 0 saturated heterocycles. The van der Waals surface area contributed by atoms with Crippen molar-refractivity contribution >= 4 is 23.0 Å². The molecule has 0 aromatic heterocycles. The van der Waals surface area contributed by atoms with Gasteiger partial charge in [0.05, 0.1) is 16.8 Å². The van der Waals surface area contributed by atoms with Crippen LogP contribution in [0.5, 0.6) is 0 Å². The summed E-state index contributed by atoms with van der Waals surface area (Å²) >= 11 is 6.14. The molecular formula is C17H19ClN2. The first kappa shape index (κ1) is 13.3. The fourth-order valence-corrected chi connectivity index (χ4v) is 3.11. The van der Waals surface area contributed by atoms with Gasteiger partial charge in [-0.1, -0.05) is 35.9 Å². The van der Waals surface area contributed by atoms with Crippen molar-refractivity contribution in [2.45, 2.75) is 32.2 Å². The molecule has 104 valence electrons. The number of nitrogen functional groups attached to an aromatic ring is 1. The number of anilines is 2. The lowest BCUT2D eigenvalue weighted by Gasteiger charge is -2.28. The van der Waals surface area contributed by atoms with Crippen molar-refractivity contribution in [2.75, 3.05) is 11.1 Å². The smallest absolute Gasteiger partial charge is 0.0656 e. The summed E-state index contributed by atoms with van der Waals surface area (Å²) in [5.74, 6) is 0. The molecule has 0 aliphatic heterocycles. The molecule has 2 nitrogen and oxygen atoms in total. The summed E-state index contributed by atoms with van der Waals surface area (Å²) in [5, 5.41) is 4.25. The number of hydrogen-bond acceptors (Lipinski definition) is 2. The highest BCUT2D eigenvalue weighted by atomic mass is 35.5. The van der Waals surface area contributed by atoms with Gasteiger partial charge in [-0.15, -0.1) is 0 Å². The Bertz CT molecular complexity index is 637.